The maximum Gasteiger partial charge on any atom is 0.145 e. The van der Waals surface area contributed by atoms with Gasteiger partial charge in [-0.25, -0.2) is 0 Å². The number of piperazine rings is 1. The van der Waals surface area contributed by atoms with Crippen LogP contribution >= 0.6 is 11.6 Å². The Morgan fingerprint density at radius 3 is 2.69 bits per heavy atom. The van der Waals surface area contributed by atoms with Crippen LogP contribution in [-0.2, 0) is 7.05 Å². The van der Waals surface area contributed by atoms with Gasteiger partial charge in [-0.1, -0.05) is 11.6 Å². The van der Waals surface area contributed by atoms with Gasteiger partial charge in [-0.05, 0) is 0 Å². The Morgan fingerprint density at radius 1 is 1.46 bits per heavy atom. The van der Waals surface area contributed by atoms with Crippen molar-refractivity contribution in [2.24, 2.45) is 7.05 Å². The molecule has 1 aliphatic heterocycles. The van der Waals surface area contributed by atoms with Crippen molar-refractivity contribution >= 4 is 17.4 Å². The highest BCUT2D eigenvalue weighted by Gasteiger charge is 2.16. The SMILES string of the molecule is Cn1ncc(Cl)c1N1CCNCC1. The van der Waals surface area contributed by atoms with E-state index in [1.165, 1.54) is 0 Å². The number of hydrogen-bond donors (Lipinski definition) is 1. The highest BCUT2D eigenvalue weighted by atomic mass is 35.5. The average molecular weight is 201 g/mol. The summed E-state index contributed by atoms with van der Waals surface area (Å²) in [7, 11) is 1.92. The van der Waals surface area contributed by atoms with E-state index in [4.69, 9.17) is 11.6 Å². The number of anilines is 1. The third kappa shape index (κ3) is 1.64. The predicted molar refractivity (Wildman–Crippen MR) is 53.3 cm³/mol. The van der Waals surface area contributed by atoms with E-state index in [9.17, 15) is 0 Å². The number of halogens is 1. The standard InChI is InChI=1S/C8H13ClN4/c1-12-8(7(9)6-11-12)13-4-2-10-3-5-13/h6,10H,2-5H2,1H3. The van der Waals surface area contributed by atoms with Crippen molar-refractivity contribution in [3.63, 3.8) is 0 Å². The molecule has 0 bridgehead atoms. The summed E-state index contributed by atoms with van der Waals surface area (Å²) >= 11 is 6.03. The zero-order valence-electron chi connectivity index (χ0n) is 7.63. The zero-order valence-corrected chi connectivity index (χ0v) is 8.38. The number of rotatable bonds is 1. The van der Waals surface area contributed by atoms with Crippen molar-refractivity contribution < 1.29 is 0 Å². The van der Waals surface area contributed by atoms with Crippen molar-refractivity contribution in [3.05, 3.63) is 11.2 Å². The molecule has 0 unspecified atom stereocenters. The number of nitrogens with one attached hydrogen (secondary N) is 1. The first kappa shape index (κ1) is 8.84. The molecule has 1 saturated heterocycles. The Hall–Kier alpha value is -0.740. The third-order valence-electron chi connectivity index (χ3n) is 2.28. The van der Waals surface area contributed by atoms with Crippen molar-refractivity contribution in [2.75, 3.05) is 31.1 Å². The van der Waals surface area contributed by atoms with Gasteiger partial charge in [0, 0.05) is 33.2 Å². The fraction of sp³-hybridized carbons (Fsp3) is 0.625. The minimum absolute atomic E-state index is 0.740. The summed E-state index contributed by atoms with van der Waals surface area (Å²) in [6.45, 7) is 4.03. The number of aromatic nitrogens is 2. The summed E-state index contributed by atoms with van der Waals surface area (Å²) in [4.78, 5) is 2.26. The summed E-state index contributed by atoms with van der Waals surface area (Å²) < 4.78 is 1.83. The normalized spacial score (nSPS) is 17.8. The molecule has 4 nitrogen and oxygen atoms in total. The lowest BCUT2D eigenvalue weighted by Crippen LogP contribution is -2.44. The summed E-state index contributed by atoms with van der Waals surface area (Å²) in [5.74, 6) is 1.03. The molecule has 0 aliphatic carbocycles. The monoisotopic (exact) mass is 200 g/mol. The van der Waals surface area contributed by atoms with E-state index >= 15 is 0 Å². The molecule has 0 spiro atoms. The fourth-order valence-electron chi connectivity index (χ4n) is 1.64. The molecule has 1 N–H and O–H groups in total. The van der Waals surface area contributed by atoms with E-state index in [1.807, 2.05) is 11.7 Å². The maximum atomic E-state index is 6.03. The van der Waals surface area contributed by atoms with Crippen LogP contribution in [0.5, 0.6) is 0 Å². The van der Waals surface area contributed by atoms with Crippen LogP contribution in [0, 0.1) is 0 Å². The largest absolute Gasteiger partial charge is 0.353 e. The lowest BCUT2D eigenvalue weighted by atomic mass is 10.3. The molecule has 1 aromatic heterocycles. The van der Waals surface area contributed by atoms with Gasteiger partial charge in [0.25, 0.3) is 0 Å². The molecule has 5 heteroatoms. The molecule has 1 aromatic rings. The molecule has 0 aromatic carbocycles. The zero-order chi connectivity index (χ0) is 9.26. The molecule has 1 aliphatic rings. The highest BCUT2D eigenvalue weighted by molar-refractivity contribution is 6.32. The van der Waals surface area contributed by atoms with Gasteiger partial charge in [0.2, 0.25) is 0 Å². The first-order valence-corrected chi connectivity index (χ1v) is 4.80. The molecule has 13 heavy (non-hydrogen) atoms. The second kappa shape index (κ2) is 3.55. The second-order valence-electron chi connectivity index (χ2n) is 3.18. The molecule has 0 atom stereocenters. The third-order valence-corrected chi connectivity index (χ3v) is 2.55. The van der Waals surface area contributed by atoms with E-state index in [0.29, 0.717) is 0 Å². The first-order chi connectivity index (χ1) is 6.29. The van der Waals surface area contributed by atoms with Crippen LogP contribution in [0.3, 0.4) is 0 Å². The highest BCUT2D eigenvalue weighted by Crippen LogP contribution is 2.24. The van der Waals surface area contributed by atoms with Gasteiger partial charge < -0.3 is 10.2 Å². The van der Waals surface area contributed by atoms with Gasteiger partial charge >= 0.3 is 0 Å². The van der Waals surface area contributed by atoms with Crippen LogP contribution in [0.15, 0.2) is 6.20 Å². The Labute approximate surface area is 82.5 Å². The molecule has 0 saturated carbocycles. The number of aryl methyl sites for hydroxylation is 1. The van der Waals surface area contributed by atoms with Gasteiger partial charge in [-0.15, -0.1) is 0 Å². The molecule has 0 amide bonds. The van der Waals surface area contributed by atoms with Gasteiger partial charge in [-0.2, -0.15) is 5.10 Å². The van der Waals surface area contributed by atoms with Crippen molar-refractivity contribution in [3.8, 4) is 0 Å². The first-order valence-electron chi connectivity index (χ1n) is 4.42. The smallest absolute Gasteiger partial charge is 0.145 e. The summed E-state index contributed by atoms with van der Waals surface area (Å²) in [6, 6.07) is 0. The van der Waals surface area contributed by atoms with E-state index in [2.05, 4.69) is 15.3 Å². The van der Waals surface area contributed by atoms with Crippen LogP contribution in [0.1, 0.15) is 0 Å². The molecular weight excluding hydrogens is 188 g/mol. The van der Waals surface area contributed by atoms with Crippen molar-refractivity contribution in [1.29, 1.82) is 0 Å². The molecule has 72 valence electrons. The molecular formula is C8H13ClN4. The van der Waals surface area contributed by atoms with Crippen LogP contribution in [-0.4, -0.2) is 36.0 Å². The average Bonchev–Trinajstić information content (AvgIpc) is 2.48. The lowest BCUT2D eigenvalue weighted by Gasteiger charge is -2.29. The van der Waals surface area contributed by atoms with Gasteiger partial charge in [0.1, 0.15) is 10.8 Å². The minimum atomic E-state index is 0.740. The van der Waals surface area contributed by atoms with Crippen molar-refractivity contribution in [2.45, 2.75) is 0 Å². The quantitative estimate of drug-likeness (QED) is 0.716. The van der Waals surface area contributed by atoms with Crippen LogP contribution in [0.2, 0.25) is 5.02 Å². The number of hydrogen-bond acceptors (Lipinski definition) is 3. The van der Waals surface area contributed by atoms with E-state index in [-0.39, 0.29) is 0 Å². The summed E-state index contributed by atoms with van der Waals surface area (Å²) in [5.41, 5.74) is 0. The Morgan fingerprint density at radius 2 is 2.15 bits per heavy atom. The Kier molecular flexibility index (Phi) is 2.42. The minimum Gasteiger partial charge on any atom is -0.353 e. The van der Waals surface area contributed by atoms with Crippen molar-refractivity contribution in [1.82, 2.24) is 15.1 Å². The molecule has 2 heterocycles. The maximum absolute atomic E-state index is 6.03. The van der Waals surface area contributed by atoms with Gasteiger partial charge in [0.15, 0.2) is 0 Å². The van der Waals surface area contributed by atoms with Gasteiger partial charge in [-0.3, -0.25) is 4.68 Å². The molecule has 2 rings (SSSR count). The number of nitrogens with zero attached hydrogens (tertiary/aromatic N) is 3. The van der Waals surface area contributed by atoms with Gasteiger partial charge in [0.05, 0.1) is 6.20 Å². The van der Waals surface area contributed by atoms with E-state index < -0.39 is 0 Å². The van der Waals surface area contributed by atoms with Crippen LogP contribution in [0.4, 0.5) is 5.82 Å². The Balaban J connectivity index is 2.22. The predicted octanol–water partition coefficient (Wildman–Crippen LogP) is 0.483. The fourth-order valence-corrected chi connectivity index (χ4v) is 1.92. The van der Waals surface area contributed by atoms with E-state index in [1.54, 1.807) is 6.20 Å². The van der Waals surface area contributed by atoms with Crippen LogP contribution < -0.4 is 10.2 Å². The Bertz CT molecular complexity index is 271. The van der Waals surface area contributed by atoms with Crippen LogP contribution in [0.25, 0.3) is 0 Å². The topological polar surface area (TPSA) is 33.1 Å². The summed E-state index contributed by atoms with van der Waals surface area (Å²) in [5, 5.41) is 8.16. The summed E-state index contributed by atoms with van der Waals surface area (Å²) in [6.07, 6.45) is 1.69. The van der Waals surface area contributed by atoms with E-state index in [0.717, 1.165) is 37.0 Å². The second-order valence-corrected chi connectivity index (χ2v) is 3.58. The molecule has 1 fully saturated rings. The molecule has 0 radical (unpaired) electrons. The lowest BCUT2D eigenvalue weighted by molar-refractivity contribution is 0.572.